The van der Waals surface area contributed by atoms with Gasteiger partial charge in [0.15, 0.2) is 0 Å². The van der Waals surface area contributed by atoms with E-state index in [4.69, 9.17) is 27.7 Å². The van der Waals surface area contributed by atoms with E-state index >= 15 is 0 Å². The molecule has 0 aliphatic carbocycles. The lowest BCUT2D eigenvalue weighted by molar-refractivity contribution is -0.126. The van der Waals surface area contributed by atoms with Crippen molar-refractivity contribution in [2.24, 2.45) is 0 Å². The molecule has 5 nitrogen and oxygen atoms in total. The molecular formula is C17H21Cl2N3O2. The third-order valence-corrected chi connectivity index (χ3v) is 4.28. The normalized spacial score (nSPS) is 13.8. The van der Waals surface area contributed by atoms with Crippen LogP contribution >= 0.6 is 23.2 Å². The number of carbonyl (C=O) groups is 1. The lowest BCUT2D eigenvalue weighted by Crippen LogP contribution is -2.38. The van der Waals surface area contributed by atoms with E-state index in [0.717, 1.165) is 16.8 Å². The van der Waals surface area contributed by atoms with Gasteiger partial charge in [0.2, 0.25) is 5.91 Å². The number of nitrogens with one attached hydrogen (secondary N) is 1. The maximum Gasteiger partial charge on any atom is 0.242 e. The fraction of sp³-hybridized carbons (Fsp3) is 0.412. The zero-order valence-electron chi connectivity index (χ0n) is 14.4. The molecule has 1 aromatic heterocycles. The van der Waals surface area contributed by atoms with Crippen molar-refractivity contribution in [3.05, 3.63) is 50.8 Å². The van der Waals surface area contributed by atoms with Crippen LogP contribution in [0.15, 0.2) is 22.7 Å². The molecule has 1 N–H and O–H groups in total. The van der Waals surface area contributed by atoms with Gasteiger partial charge in [-0.25, -0.2) is 0 Å². The van der Waals surface area contributed by atoms with Gasteiger partial charge in [-0.2, -0.15) is 0 Å². The van der Waals surface area contributed by atoms with E-state index in [1.54, 1.807) is 18.2 Å². The molecule has 0 unspecified atom stereocenters. The molecule has 0 radical (unpaired) electrons. The lowest BCUT2D eigenvalue weighted by atomic mass is 10.0. The third-order valence-electron chi connectivity index (χ3n) is 3.85. The van der Waals surface area contributed by atoms with Crippen LogP contribution < -0.4 is 5.32 Å². The van der Waals surface area contributed by atoms with E-state index < -0.39 is 6.04 Å². The molecule has 2 aromatic rings. The molecule has 7 heteroatoms. The third kappa shape index (κ3) is 4.09. The maximum atomic E-state index is 12.8. The Labute approximate surface area is 151 Å². The number of carbonyl (C=O) groups excluding carboxylic acids is 1. The average molecular weight is 370 g/mol. The van der Waals surface area contributed by atoms with E-state index in [-0.39, 0.29) is 11.9 Å². The summed E-state index contributed by atoms with van der Waals surface area (Å²) in [6.07, 6.45) is 0. The van der Waals surface area contributed by atoms with Crippen molar-refractivity contribution in [3.63, 3.8) is 0 Å². The van der Waals surface area contributed by atoms with Gasteiger partial charge in [-0.3, -0.25) is 9.69 Å². The molecule has 0 aliphatic rings. The summed E-state index contributed by atoms with van der Waals surface area (Å²) >= 11 is 12.2. The quantitative estimate of drug-likeness (QED) is 0.862. The van der Waals surface area contributed by atoms with Gasteiger partial charge in [0.1, 0.15) is 11.8 Å². The van der Waals surface area contributed by atoms with Crippen LogP contribution in [0.25, 0.3) is 0 Å². The number of rotatable bonds is 5. The topological polar surface area (TPSA) is 58.4 Å². The highest BCUT2D eigenvalue weighted by molar-refractivity contribution is 6.34. The van der Waals surface area contributed by atoms with Crippen LogP contribution in [0.1, 0.15) is 41.6 Å². The van der Waals surface area contributed by atoms with Crippen LogP contribution in [0.4, 0.5) is 0 Å². The van der Waals surface area contributed by atoms with Crippen LogP contribution in [0.3, 0.4) is 0 Å². The van der Waals surface area contributed by atoms with Gasteiger partial charge in [-0.05, 0) is 58.6 Å². The van der Waals surface area contributed by atoms with Crippen LogP contribution in [-0.2, 0) is 4.79 Å². The van der Waals surface area contributed by atoms with Gasteiger partial charge < -0.3 is 9.84 Å². The summed E-state index contributed by atoms with van der Waals surface area (Å²) in [5.74, 6) is 0.554. The van der Waals surface area contributed by atoms with Gasteiger partial charge in [0.25, 0.3) is 0 Å². The summed E-state index contributed by atoms with van der Waals surface area (Å²) in [6.45, 7) is 5.59. The number of benzene rings is 1. The zero-order chi connectivity index (χ0) is 18.0. The van der Waals surface area contributed by atoms with Gasteiger partial charge in [-0.1, -0.05) is 28.4 Å². The number of aryl methyl sites for hydroxylation is 2. The summed E-state index contributed by atoms with van der Waals surface area (Å²) < 4.78 is 5.18. The predicted molar refractivity (Wildman–Crippen MR) is 95.4 cm³/mol. The minimum absolute atomic E-state index is 0.147. The molecule has 0 aliphatic heterocycles. The van der Waals surface area contributed by atoms with E-state index in [9.17, 15) is 4.79 Å². The predicted octanol–water partition coefficient (Wildman–Crippen LogP) is 4.08. The molecule has 1 amide bonds. The second kappa shape index (κ2) is 7.55. The minimum Gasteiger partial charge on any atom is -0.361 e. The van der Waals surface area contributed by atoms with Crippen molar-refractivity contribution >= 4 is 29.1 Å². The van der Waals surface area contributed by atoms with Gasteiger partial charge >= 0.3 is 0 Å². The zero-order valence-corrected chi connectivity index (χ0v) is 15.9. The first kappa shape index (κ1) is 18.8. The van der Waals surface area contributed by atoms with Gasteiger partial charge in [0.05, 0.1) is 11.7 Å². The number of amides is 1. The van der Waals surface area contributed by atoms with Crippen LogP contribution in [0.2, 0.25) is 10.0 Å². The highest BCUT2D eigenvalue weighted by Crippen LogP contribution is 2.28. The van der Waals surface area contributed by atoms with Gasteiger partial charge in [-0.15, -0.1) is 0 Å². The standard InChI is InChI=1S/C17H21Cl2N3O2/c1-9(15-10(2)21-24-11(15)3)20-17(23)16(22(4)5)12-6-13(18)8-14(19)7-12/h6-9,16H,1-5H3,(H,20,23)/t9-,16+/m0/s1. The summed E-state index contributed by atoms with van der Waals surface area (Å²) in [5, 5.41) is 7.94. The molecule has 0 bridgehead atoms. The van der Waals surface area contributed by atoms with E-state index in [1.807, 2.05) is 39.8 Å². The first-order valence-electron chi connectivity index (χ1n) is 7.56. The summed E-state index contributed by atoms with van der Waals surface area (Å²) in [6, 6.07) is 4.41. The second-order valence-electron chi connectivity index (χ2n) is 6.04. The Bertz CT molecular complexity index is 704. The molecular weight excluding hydrogens is 349 g/mol. The molecule has 0 fully saturated rings. The number of hydrogen-bond donors (Lipinski definition) is 1. The Morgan fingerprint density at radius 1 is 1.21 bits per heavy atom. The molecule has 24 heavy (non-hydrogen) atoms. The molecule has 0 saturated carbocycles. The van der Waals surface area contributed by atoms with Crippen molar-refractivity contribution in [2.75, 3.05) is 14.1 Å². The van der Waals surface area contributed by atoms with E-state index in [0.29, 0.717) is 15.8 Å². The molecule has 0 spiro atoms. The number of hydrogen-bond acceptors (Lipinski definition) is 4. The lowest BCUT2D eigenvalue weighted by Gasteiger charge is -2.26. The van der Waals surface area contributed by atoms with E-state index in [2.05, 4.69) is 10.5 Å². The monoisotopic (exact) mass is 369 g/mol. The molecule has 2 atom stereocenters. The molecule has 1 heterocycles. The SMILES string of the molecule is Cc1noc(C)c1[C@H](C)NC(=O)[C@@H](c1cc(Cl)cc(Cl)c1)N(C)C. The van der Waals surface area contributed by atoms with Crippen LogP contribution in [0.5, 0.6) is 0 Å². The maximum absolute atomic E-state index is 12.8. The number of halogens is 2. The Morgan fingerprint density at radius 2 is 1.79 bits per heavy atom. The molecule has 1 aromatic carbocycles. The summed E-state index contributed by atoms with van der Waals surface area (Å²) in [7, 11) is 3.67. The smallest absolute Gasteiger partial charge is 0.242 e. The number of aromatic nitrogens is 1. The number of likely N-dealkylation sites (N-methyl/N-ethyl adjacent to an activating group) is 1. The Hall–Kier alpha value is -1.56. The van der Waals surface area contributed by atoms with Crippen molar-refractivity contribution in [1.82, 2.24) is 15.4 Å². The van der Waals surface area contributed by atoms with Crippen molar-refractivity contribution in [3.8, 4) is 0 Å². The fourth-order valence-electron chi connectivity index (χ4n) is 2.89. The minimum atomic E-state index is -0.510. The highest BCUT2D eigenvalue weighted by atomic mass is 35.5. The molecule has 130 valence electrons. The molecule has 0 saturated heterocycles. The first-order valence-corrected chi connectivity index (χ1v) is 8.32. The van der Waals surface area contributed by atoms with Crippen LogP contribution in [-0.4, -0.2) is 30.1 Å². The van der Waals surface area contributed by atoms with Gasteiger partial charge in [0, 0.05) is 15.6 Å². The fourth-order valence-corrected chi connectivity index (χ4v) is 3.43. The Kier molecular flexibility index (Phi) is 5.91. The summed E-state index contributed by atoms with van der Waals surface area (Å²) in [4.78, 5) is 14.7. The average Bonchev–Trinajstić information content (AvgIpc) is 2.76. The van der Waals surface area contributed by atoms with E-state index in [1.165, 1.54) is 0 Å². The first-order chi connectivity index (χ1) is 11.2. The Balaban J connectivity index is 2.27. The van der Waals surface area contributed by atoms with Crippen molar-refractivity contribution in [1.29, 1.82) is 0 Å². The largest absolute Gasteiger partial charge is 0.361 e. The number of nitrogens with zero attached hydrogens (tertiary/aromatic N) is 2. The van der Waals surface area contributed by atoms with Crippen molar-refractivity contribution in [2.45, 2.75) is 32.9 Å². The van der Waals surface area contributed by atoms with Crippen LogP contribution in [0, 0.1) is 13.8 Å². The van der Waals surface area contributed by atoms with Crippen molar-refractivity contribution < 1.29 is 9.32 Å². The summed E-state index contributed by atoms with van der Waals surface area (Å²) in [5.41, 5.74) is 2.40. The second-order valence-corrected chi connectivity index (χ2v) is 6.91. The Morgan fingerprint density at radius 3 is 2.25 bits per heavy atom. The molecule has 2 rings (SSSR count). The highest BCUT2D eigenvalue weighted by Gasteiger charge is 2.27.